The quantitative estimate of drug-likeness (QED) is 0.493. The van der Waals surface area contributed by atoms with E-state index in [1.165, 1.54) is 0 Å². The summed E-state index contributed by atoms with van der Waals surface area (Å²) in [6, 6.07) is 9.44. The van der Waals surface area contributed by atoms with E-state index in [0.29, 0.717) is 18.6 Å². The van der Waals surface area contributed by atoms with Gasteiger partial charge in [0, 0.05) is 18.4 Å². The summed E-state index contributed by atoms with van der Waals surface area (Å²) in [6.45, 7) is 0. The van der Waals surface area contributed by atoms with Crippen LogP contribution in [0.5, 0.6) is 0 Å². The van der Waals surface area contributed by atoms with Gasteiger partial charge in [-0.05, 0) is 12.8 Å². The summed E-state index contributed by atoms with van der Waals surface area (Å²) in [6.07, 6.45) is 12.9. The molecule has 2 nitrogen and oxygen atoms in total. The lowest BCUT2D eigenvalue weighted by atomic mass is 9.99. The van der Waals surface area contributed by atoms with E-state index in [1.54, 1.807) is 0 Å². The summed E-state index contributed by atoms with van der Waals surface area (Å²) in [7, 11) is 0. The summed E-state index contributed by atoms with van der Waals surface area (Å²) < 4.78 is 0. The maximum atomic E-state index is 11.9. The molecule has 0 heterocycles. The second kappa shape index (κ2) is 8.35. The average Bonchev–Trinajstić information content (AvgIpc) is 3.05. The highest BCUT2D eigenvalue weighted by Crippen LogP contribution is 2.15. The molecule has 0 spiro atoms. The van der Waals surface area contributed by atoms with E-state index in [-0.39, 0.29) is 11.7 Å². The van der Waals surface area contributed by atoms with Crippen LogP contribution in [-0.2, 0) is 4.79 Å². The molecule has 2 rings (SSSR count). The first-order valence-electron chi connectivity index (χ1n) is 7.73. The van der Waals surface area contributed by atoms with Gasteiger partial charge in [-0.15, -0.1) is 0 Å². The molecule has 0 atom stereocenters. The van der Waals surface area contributed by atoms with E-state index in [0.717, 1.165) is 31.2 Å². The highest BCUT2D eigenvalue weighted by atomic mass is 16.1. The molecule has 0 radical (unpaired) electrons. The zero-order valence-corrected chi connectivity index (χ0v) is 12.3. The lowest BCUT2D eigenvalue weighted by molar-refractivity contribution is -0.120. The third kappa shape index (κ3) is 5.14. The lowest BCUT2D eigenvalue weighted by Gasteiger charge is -2.04. The van der Waals surface area contributed by atoms with Crippen molar-refractivity contribution in [2.75, 3.05) is 0 Å². The Kier molecular flexibility index (Phi) is 6.14. The molecule has 0 saturated carbocycles. The summed E-state index contributed by atoms with van der Waals surface area (Å²) >= 11 is 0. The van der Waals surface area contributed by atoms with Crippen LogP contribution >= 0.6 is 0 Å². The van der Waals surface area contributed by atoms with Gasteiger partial charge in [0.15, 0.2) is 5.78 Å². The number of hydrogen-bond donors (Lipinski definition) is 0. The molecule has 1 aromatic rings. The van der Waals surface area contributed by atoms with Crippen molar-refractivity contribution in [3.05, 3.63) is 60.2 Å². The van der Waals surface area contributed by atoms with Crippen molar-refractivity contribution in [2.24, 2.45) is 5.92 Å². The average molecular weight is 282 g/mol. The third-order valence-electron chi connectivity index (χ3n) is 3.79. The Balaban J connectivity index is 1.54. The molecule has 0 unspecified atom stereocenters. The van der Waals surface area contributed by atoms with Gasteiger partial charge in [0.05, 0.1) is 5.92 Å². The minimum atomic E-state index is 0.00431. The molecule has 110 valence electrons. The molecule has 21 heavy (non-hydrogen) atoms. The predicted octanol–water partition coefficient (Wildman–Crippen LogP) is 4.52. The number of allylic oxidation sites excluding steroid dienone is 4. The minimum Gasteiger partial charge on any atom is -0.299 e. The van der Waals surface area contributed by atoms with E-state index < -0.39 is 0 Å². The van der Waals surface area contributed by atoms with Gasteiger partial charge < -0.3 is 0 Å². The van der Waals surface area contributed by atoms with Gasteiger partial charge >= 0.3 is 0 Å². The summed E-state index contributed by atoms with van der Waals surface area (Å²) in [5.74, 6) is 0.526. The Morgan fingerprint density at radius 1 is 0.810 bits per heavy atom. The van der Waals surface area contributed by atoms with Crippen molar-refractivity contribution in [3.8, 4) is 0 Å². The number of carbonyl (C=O) groups is 2. The van der Waals surface area contributed by atoms with Gasteiger partial charge in [0.1, 0.15) is 5.78 Å². The number of benzene rings is 1. The Morgan fingerprint density at radius 2 is 1.43 bits per heavy atom. The van der Waals surface area contributed by atoms with Gasteiger partial charge in [-0.25, -0.2) is 0 Å². The van der Waals surface area contributed by atoms with E-state index in [2.05, 4.69) is 0 Å². The van der Waals surface area contributed by atoms with Crippen molar-refractivity contribution >= 4 is 11.6 Å². The van der Waals surface area contributed by atoms with Gasteiger partial charge in [-0.1, -0.05) is 67.5 Å². The molecular formula is C19H22O2. The topological polar surface area (TPSA) is 34.1 Å². The molecule has 0 aliphatic heterocycles. The van der Waals surface area contributed by atoms with Crippen molar-refractivity contribution in [1.82, 2.24) is 0 Å². The fourth-order valence-electron chi connectivity index (χ4n) is 2.52. The van der Waals surface area contributed by atoms with Crippen LogP contribution in [0.15, 0.2) is 54.6 Å². The van der Waals surface area contributed by atoms with Gasteiger partial charge in [-0.3, -0.25) is 9.59 Å². The summed E-state index contributed by atoms with van der Waals surface area (Å²) in [5, 5.41) is 0. The van der Waals surface area contributed by atoms with Crippen molar-refractivity contribution in [1.29, 1.82) is 0 Å². The molecular weight excluding hydrogens is 260 g/mol. The smallest absolute Gasteiger partial charge is 0.162 e. The second-order valence-electron chi connectivity index (χ2n) is 5.47. The minimum absolute atomic E-state index is 0.00431. The van der Waals surface area contributed by atoms with Crippen LogP contribution in [0.4, 0.5) is 0 Å². The van der Waals surface area contributed by atoms with Crippen molar-refractivity contribution < 1.29 is 9.59 Å². The Labute approximate surface area is 126 Å². The third-order valence-corrected chi connectivity index (χ3v) is 3.79. The van der Waals surface area contributed by atoms with Crippen LogP contribution in [0.3, 0.4) is 0 Å². The Bertz CT molecular complexity index is 514. The number of unbranched alkanes of at least 4 members (excludes halogenated alkanes) is 3. The molecule has 0 saturated heterocycles. The number of hydrogen-bond acceptors (Lipinski definition) is 2. The Hall–Kier alpha value is -1.96. The van der Waals surface area contributed by atoms with Gasteiger partial charge in [-0.2, -0.15) is 0 Å². The monoisotopic (exact) mass is 282 g/mol. The van der Waals surface area contributed by atoms with Crippen LogP contribution in [0, 0.1) is 5.92 Å². The van der Waals surface area contributed by atoms with Gasteiger partial charge in [0.25, 0.3) is 0 Å². The Morgan fingerprint density at radius 3 is 2.10 bits per heavy atom. The number of ketones is 2. The lowest BCUT2D eigenvalue weighted by Crippen LogP contribution is -2.07. The molecule has 0 aromatic heterocycles. The number of carbonyl (C=O) groups excluding carboxylic acids is 2. The van der Waals surface area contributed by atoms with Crippen LogP contribution in [0.1, 0.15) is 48.9 Å². The van der Waals surface area contributed by atoms with E-state index in [9.17, 15) is 9.59 Å². The second-order valence-corrected chi connectivity index (χ2v) is 5.47. The largest absolute Gasteiger partial charge is 0.299 e. The number of rotatable bonds is 9. The van der Waals surface area contributed by atoms with E-state index in [4.69, 9.17) is 0 Å². The molecule has 0 N–H and O–H groups in total. The molecule has 2 heteroatoms. The molecule has 0 fully saturated rings. The van der Waals surface area contributed by atoms with Gasteiger partial charge in [0.2, 0.25) is 0 Å². The molecule has 1 aliphatic carbocycles. The standard InChI is InChI=1S/C19H22O2/c20-18(16-10-4-3-5-11-16)14-6-1-2-7-15-19(21)17-12-8-9-13-17/h3-5,8-13,17H,1-2,6-7,14-15H2. The predicted molar refractivity (Wildman–Crippen MR) is 85.3 cm³/mol. The first-order chi connectivity index (χ1) is 10.3. The van der Waals surface area contributed by atoms with Crippen LogP contribution in [0.2, 0.25) is 0 Å². The maximum Gasteiger partial charge on any atom is 0.162 e. The fourth-order valence-corrected chi connectivity index (χ4v) is 2.52. The zero-order valence-electron chi connectivity index (χ0n) is 12.3. The molecule has 0 amide bonds. The van der Waals surface area contributed by atoms with Crippen molar-refractivity contribution in [2.45, 2.75) is 38.5 Å². The van der Waals surface area contributed by atoms with E-state index in [1.807, 2.05) is 54.6 Å². The van der Waals surface area contributed by atoms with Crippen LogP contribution in [-0.4, -0.2) is 11.6 Å². The highest BCUT2D eigenvalue weighted by molar-refractivity contribution is 5.95. The summed E-state index contributed by atoms with van der Waals surface area (Å²) in [4.78, 5) is 23.7. The van der Waals surface area contributed by atoms with Crippen LogP contribution in [0.25, 0.3) is 0 Å². The molecule has 1 aliphatic rings. The SMILES string of the molecule is O=C(CCCCCCC(=O)C1C=CC=C1)c1ccccc1. The zero-order chi connectivity index (χ0) is 14.9. The summed E-state index contributed by atoms with van der Waals surface area (Å²) in [5.41, 5.74) is 0.799. The first-order valence-corrected chi connectivity index (χ1v) is 7.73. The van der Waals surface area contributed by atoms with Crippen molar-refractivity contribution in [3.63, 3.8) is 0 Å². The molecule has 0 bridgehead atoms. The first kappa shape index (κ1) is 15.4. The van der Waals surface area contributed by atoms with Crippen LogP contribution < -0.4 is 0 Å². The molecule has 1 aromatic carbocycles. The highest BCUT2D eigenvalue weighted by Gasteiger charge is 2.13. The van der Waals surface area contributed by atoms with E-state index >= 15 is 0 Å². The maximum absolute atomic E-state index is 11.9. The normalized spacial score (nSPS) is 13.7. The fraction of sp³-hybridized carbons (Fsp3) is 0.368. The number of Topliss-reactive ketones (excluding diaryl/α,β-unsaturated/α-hetero) is 2.